The van der Waals surface area contributed by atoms with Crippen molar-refractivity contribution in [2.24, 2.45) is 0 Å². The maximum absolute atomic E-state index is 12.3. The van der Waals surface area contributed by atoms with Crippen LogP contribution in [0.5, 0.6) is 5.75 Å². The lowest BCUT2D eigenvalue weighted by Gasteiger charge is -2.22. The Morgan fingerprint density at radius 3 is 2.77 bits per heavy atom. The lowest BCUT2D eigenvalue weighted by molar-refractivity contribution is 0.00592. The van der Waals surface area contributed by atoms with Crippen LogP contribution >= 0.6 is 0 Å². The van der Waals surface area contributed by atoms with E-state index in [1.165, 1.54) is 0 Å². The van der Waals surface area contributed by atoms with Gasteiger partial charge in [0.1, 0.15) is 17.9 Å². The van der Waals surface area contributed by atoms with E-state index in [-0.39, 0.29) is 6.10 Å². The highest BCUT2D eigenvalue weighted by Crippen LogP contribution is 2.36. The van der Waals surface area contributed by atoms with E-state index in [1.807, 2.05) is 49.4 Å². The van der Waals surface area contributed by atoms with Gasteiger partial charge < -0.3 is 18.8 Å². The van der Waals surface area contributed by atoms with Crippen molar-refractivity contribution in [3.63, 3.8) is 0 Å². The van der Waals surface area contributed by atoms with Crippen molar-refractivity contribution in [3.05, 3.63) is 48.0 Å². The van der Waals surface area contributed by atoms with Crippen molar-refractivity contribution in [3.8, 4) is 23.1 Å². The Kier molecular flexibility index (Phi) is 6.10. The number of methoxy groups -OCH3 is 1. The summed E-state index contributed by atoms with van der Waals surface area (Å²) in [4.78, 5) is 12.3. The fourth-order valence-electron chi connectivity index (χ4n) is 4.03. The quantitative estimate of drug-likeness (QED) is 0.633. The minimum absolute atomic E-state index is 0.125. The minimum atomic E-state index is -0.481. The monoisotopic (exact) mass is 419 g/mol. The summed E-state index contributed by atoms with van der Waals surface area (Å²) < 4.78 is 18.3. The zero-order chi connectivity index (χ0) is 21.8. The van der Waals surface area contributed by atoms with Crippen molar-refractivity contribution in [1.29, 1.82) is 5.26 Å². The highest BCUT2D eigenvalue weighted by molar-refractivity contribution is 5.96. The molecule has 0 unspecified atom stereocenters. The van der Waals surface area contributed by atoms with Gasteiger partial charge in [0, 0.05) is 42.1 Å². The number of ether oxygens (including phenoxy) is 3. The molecule has 7 nitrogen and oxygen atoms in total. The number of amides is 1. The molecule has 0 atom stereocenters. The van der Waals surface area contributed by atoms with Gasteiger partial charge in [-0.15, -0.1) is 0 Å². The SMILES string of the molecule is CCn1c(-c2cccc(NC(=O)OC3CCOCC3)c2)c(C#N)c2ccc(OC)cc21. The molecule has 0 spiro atoms. The predicted octanol–water partition coefficient (Wildman–Crippen LogP) is 4.94. The number of hydrogen-bond acceptors (Lipinski definition) is 5. The molecule has 4 rings (SSSR count). The molecule has 0 aliphatic carbocycles. The van der Waals surface area contributed by atoms with Gasteiger partial charge in [0.2, 0.25) is 0 Å². The van der Waals surface area contributed by atoms with Crippen LogP contribution in [0.1, 0.15) is 25.3 Å². The normalized spacial score (nSPS) is 14.2. The first-order valence-corrected chi connectivity index (χ1v) is 10.4. The molecule has 1 amide bonds. The van der Waals surface area contributed by atoms with Crippen LogP contribution in [0, 0.1) is 11.3 Å². The lowest BCUT2D eigenvalue weighted by atomic mass is 10.1. The number of aryl methyl sites for hydroxylation is 1. The number of rotatable bonds is 5. The number of benzene rings is 2. The van der Waals surface area contributed by atoms with Crippen molar-refractivity contribution in [1.82, 2.24) is 4.57 Å². The van der Waals surface area contributed by atoms with Gasteiger partial charge >= 0.3 is 6.09 Å². The van der Waals surface area contributed by atoms with E-state index in [1.54, 1.807) is 7.11 Å². The predicted molar refractivity (Wildman–Crippen MR) is 118 cm³/mol. The van der Waals surface area contributed by atoms with Gasteiger partial charge in [-0.3, -0.25) is 5.32 Å². The molecule has 2 heterocycles. The van der Waals surface area contributed by atoms with Crippen LogP contribution in [0.4, 0.5) is 10.5 Å². The molecule has 0 saturated carbocycles. The molecule has 1 fully saturated rings. The molecule has 3 aromatic rings. The lowest BCUT2D eigenvalue weighted by Crippen LogP contribution is -2.28. The fourth-order valence-corrected chi connectivity index (χ4v) is 4.03. The summed E-state index contributed by atoms with van der Waals surface area (Å²) in [6, 6.07) is 15.5. The van der Waals surface area contributed by atoms with E-state index in [2.05, 4.69) is 16.0 Å². The Hall–Kier alpha value is -3.50. The van der Waals surface area contributed by atoms with Gasteiger partial charge in [-0.1, -0.05) is 12.1 Å². The third-order valence-corrected chi connectivity index (χ3v) is 5.52. The first kappa shape index (κ1) is 20.8. The van der Waals surface area contributed by atoms with Crippen LogP contribution < -0.4 is 10.1 Å². The summed E-state index contributed by atoms with van der Waals surface area (Å²) in [6.45, 7) is 3.94. The minimum Gasteiger partial charge on any atom is -0.497 e. The van der Waals surface area contributed by atoms with Gasteiger partial charge in [0.05, 0.1) is 37.1 Å². The van der Waals surface area contributed by atoms with E-state index in [9.17, 15) is 10.1 Å². The van der Waals surface area contributed by atoms with Gasteiger partial charge in [-0.05, 0) is 31.2 Å². The summed E-state index contributed by atoms with van der Waals surface area (Å²) in [7, 11) is 1.63. The number of aromatic nitrogens is 1. The third-order valence-electron chi connectivity index (χ3n) is 5.52. The van der Waals surface area contributed by atoms with E-state index in [4.69, 9.17) is 14.2 Å². The molecular formula is C24H25N3O4. The fraction of sp³-hybridized carbons (Fsp3) is 0.333. The molecule has 7 heteroatoms. The number of carbonyl (C=O) groups excluding carboxylic acids is 1. The number of fused-ring (bicyclic) bond motifs is 1. The summed E-state index contributed by atoms with van der Waals surface area (Å²) in [6.07, 6.45) is 0.808. The summed E-state index contributed by atoms with van der Waals surface area (Å²) in [5, 5.41) is 13.6. The first-order chi connectivity index (χ1) is 15.1. The summed E-state index contributed by atoms with van der Waals surface area (Å²) in [5.74, 6) is 0.738. The zero-order valence-corrected chi connectivity index (χ0v) is 17.7. The number of hydrogen-bond donors (Lipinski definition) is 1. The molecule has 2 aromatic carbocycles. The molecule has 31 heavy (non-hydrogen) atoms. The largest absolute Gasteiger partial charge is 0.497 e. The van der Waals surface area contributed by atoms with E-state index >= 15 is 0 Å². The van der Waals surface area contributed by atoms with E-state index < -0.39 is 6.09 Å². The van der Waals surface area contributed by atoms with Crippen LogP contribution in [0.15, 0.2) is 42.5 Å². The number of nitrogens with one attached hydrogen (secondary N) is 1. The van der Waals surface area contributed by atoms with E-state index in [0.29, 0.717) is 43.9 Å². The van der Waals surface area contributed by atoms with Crippen LogP contribution in [0.25, 0.3) is 22.2 Å². The smallest absolute Gasteiger partial charge is 0.411 e. The average molecular weight is 419 g/mol. The van der Waals surface area contributed by atoms with Gasteiger partial charge in [-0.2, -0.15) is 5.26 Å². The topological polar surface area (TPSA) is 85.5 Å². The number of carbonyl (C=O) groups is 1. The zero-order valence-electron chi connectivity index (χ0n) is 17.7. The standard InChI is InChI=1S/C24H25N3O4/c1-3-27-22-14-19(29-2)7-8-20(22)21(15-25)23(27)16-5-4-6-17(13-16)26-24(28)31-18-9-11-30-12-10-18/h4-8,13-14,18H,3,9-12H2,1-2H3,(H,26,28). The number of nitrogens with zero attached hydrogens (tertiary/aromatic N) is 2. The molecule has 0 radical (unpaired) electrons. The van der Waals surface area contributed by atoms with Crippen molar-refractivity contribution < 1.29 is 19.0 Å². The number of anilines is 1. The maximum atomic E-state index is 12.3. The Labute approximate surface area is 181 Å². The van der Waals surface area contributed by atoms with Gasteiger partial charge in [0.25, 0.3) is 0 Å². The first-order valence-electron chi connectivity index (χ1n) is 10.4. The second kappa shape index (κ2) is 9.11. The third kappa shape index (κ3) is 4.21. The molecular weight excluding hydrogens is 394 g/mol. The van der Waals surface area contributed by atoms with Crippen LogP contribution in [-0.4, -0.2) is 37.1 Å². The van der Waals surface area contributed by atoms with Crippen molar-refractivity contribution in [2.75, 3.05) is 25.6 Å². The highest BCUT2D eigenvalue weighted by atomic mass is 16.6. The summed E-state index contributed by atoms with van der Waals surface area (Å²) in [5.41, 5.74) is 3.81. The molecule has 1 aliphatic rings. The van der Waals surface area contributed by atoms with Crippen LogP contribution in [0.3, 0.4) is 0 Å². The molecule has 1 saturated heterocycles. The van der Waals surface area contributed by atoms with Gasteiger partial charge in [0.15, 0.2) is 0 Å². The Balaban J connectivity index is 1.67. The highest BCUT2D eigenvalue weighted by Gasteiger charge is 2.20. The molecule has 160 valence electrons. The van der Waals surface area contributed by atoms with Crippen molar-refractivity contribution >= 4 is 22.7 Å². The van der Waals surface area contributed by atoms with Crippen LogP contribution in [-0.2, 0) is 16.0 Å². The molecule has 1 aliphatic heterocycles. The van der Waals surface area contributed by atoms with Gasteiger partial charge in [-0.25, -0.2) is 4.79 Å². The average Bonchev–Trinajstić information content (AvgIpc) is 3.12. The molecule has 1 aromatic heterocycles. The van der Waals surface area contributed by atoms with Crippen LogP contribution in [0.2, 0.25) is 0 Å². The summed E-state index contributed by atoms with van der Waals surface area (Å²) >= 11 is 0. The molecule has 0 bridgehead atoms. The Morgan fingerprint density at radius 1 is 1.26 bits per heavy atom. The Bertz CT molecular complexity index is 1140. The second-order valence-corrected chi connectivity index (χ2v) is 7.39. The maximum Gasteiger partial charge on any atom is 0.411 e. The second-order valence-electron chi connectivity index (χ2n) is 7.39. The number of nitriles is 1. The van der Waals surface area contributed by atoms with E-state index in [0.717, 1.165) is 27.9 Å². The Morgan fingerprint density at radius 2 is 2.06 bits per heavy atom. The van der Waals surface area contributed by atoms with Crippen molar-refractivity contribution in [2.45, 2.75) is 32.4 Å². The molecule has 1 N–H and O–H groups in total.